The Bertz CT molecular complexity index is 636. The van der Waals surface area contributed by atoms with Crippen LogP contribution in [0.2, 0.25) is 10.0 Å². The molecule has 0 radical (unpaired) electrons. The molecule has 0 atom stereocenters. The van der Waals surface area contributed by atoms with Crippen LogP contribution in [0.5, 0.6) is 0 Å². The maximum Gasteiger partial charge on any atom is 0.416 e. The summed E-state index contributed by atoms with van der Waals surface area (Å²) in [5.74, 6) is -0.519. The molecule has 0 saturated carbocycles. The Kier molecular flexibility index (Phi) is 4.64. The molecule has 0 spiro atoms. The minimum absolute atomic E-state index is 0.0957. The molecule has 21 heavy (non-hydrogen) atoms. The molecule has 0 unspecified atom stereocenters. The molecular weight excluding hydrogens is 329 g/mol. The normalized spacial score (nSPS) is 11.5. The van der Waals surface area contributed by atoms with Crippen LogP contribution in [-0.2, 0) is 12.7 Å². The van der Waals surface area contributed by atoms with Crippen LogP contribution in [0, 0.1) is 5.82 Å². The van der Waals surface area contributed by atoms with Gasteiger partial charge in [0.2, 0.25) is 0 Å². The Hall–Kier alpha value is -1.46. The fourth-order valence-electron chi connectivity index (χ4n) is 1.75. The molecule has 2 aromatic carbocycles. The molecule has 0 fully saturated rings. The first-order chi connectivity index (χ1) is 9.75. The topological polar surface area (TPSA) is 12.0 Å². The van der Waals surface area contributed by atoms with Gasteiger partial charge < -0.3 is 5.32 Å². The van der Waals surface area contributed by atoms with Gasteiger partial charge in [-0.05, 0) is 42.0 Å². The molecule has 0 bridgehead atoms. The summed E-state index contributed by atoms with van der Waals surface area (Å²) in [4.78, 5) is 0. The second-order valence-electron chi connectivity index (χ2n) is 4.32. The Morgan fingerprint density at radius 1 is 1.00 bits per heavy atom. The lowest BCUT2D eigenvalue weighted by Gasteiger charge is -2.12. The lowest BCUT2D eigenvalue weighted by molar-refractivity contribution is -0.137. The molecule has 1 nitrogen and oxygen atoms in total. The number of anilines is 1. The van der Waals surface area contributed by atoms with Crippen LogP contribution >= 0.6 is 23.2 Å². The quantitative estimate of drug-likeness (QED) is 0.701. The molecule has 0 saturated heterocycles. The molecule has 112 valence electrons. The van der Waals surface area contributed by atoms with E-state index in [1.807, 2.05) is 0 Å². The summed E-state index contributed by atoms with van der Waals surface area (Å²) in [6, 6.07) is 6.85. The lowest BCUT2D eigenvalue weighted by Crippen LogP contribution is -2.07. The van der Waals surface area contributed by atoms with Crippen LogP contribution in [-0.4, -0.2) is 0 Å². The molecule has 7 heteroatoms. The van der Waals surface area contributed by atoms with Gasteiger partial charge in [0.1, 0.15) is 5.82 Å². The van der Waals surface area contributed by atoms with E-state index >= 15 is 0 Å². The number of alkyl halides is 3. The molecule has 0 aliphatic rings. The van der Waals surface area contributed by atoms with Crippen molar-refractivity contribution in [2.75, 3.05) is 5.32 Å². The summed E-state index contributed by atoms with van der Waals surface area (Å²) in [5.41, 5.74) is -0.202. The first-order valence-electron chi connectivity index (χ1n) is 5.81. The lowest BCUT2D eigenvalue weighted by atomic mass is 10.1. The monoisotopic (exact) mass is 337 g/mol. The van der Waals surface area contributed by atoms with Crippen molar-refractivity contribution in [2.45, 2.75) is 12.7 Å². The zero-order valence-electron chi connectivity index (χ0n) is 10.4. The van der Waals surface area contributed by atoms with Crippen molar-refractivity contribution in [3.05, 3.63) is 63.4 Å². The number of hydrogen-bond donors (Lipinski definition) is 1. The van der Waals surface area contributed by atoms with Crippen molar-refractivity contribution in [3.8, 4) is 0 Å². The molecule has 0 aliphatic heterocycles. The summed E-state index contributed by atoms with van der Waals surface area (Å²) in [7, 11) is 0. The van der Waals surface area contributed by atoms with Crippen LogP contribution in [0.15, 0.2) is 36.4 Å². The molecule has 0 heterocycles. The van der Waals surface area contributed by atoms with Gasteiger partial charge in [-0.3, -0.25) is 0 Å². The molecule has 0 amide bonds. The Labute approximate surface area is 128 Å². The highest BCUT2D eigenvalue weighted by Crippen LogP contribution is 2.34. The van der Waals surface area contributed by atoms with Gasteiger partial charge in [0.25, 0.3) is 0 Å². The number of hydrogen-bond acceptors (Lipinski definition) is 1. The maximum atomic E-state index is 13.2. The zero-order chi connectivity index (χ0) is 15.6. The highest BCUT2D eigenvalue weighted by Gasteiger charge is 2.30. The van der Waals surface area contributed by atoms with Gasteiger partial charge in [0, 0.05) is 11.6 Å². The van der Waals surface area contributed by atoms with Crippen molar-refractivity contribution in [3.63, 3.8) is 0 Å². The van der Waals surface area contributed by atoms with E-state index in [4.69, 9.17) is 23.2 Å². The highest BCUT2D eigenvalue weighted by molar-refractivity contribution is 6.33. The highest BCUT2D eigenvalue weighted by atomic mass is 35.5. The van der Waals surface area contributed by atoms with Gasteiger partial charge in [-0.15, -0.1) is 0 Å². The summed E-state index contributed by atoms with van der Waals surface area (Å²) in [6.07, 6.45) is -4.46. The van der Waals surface area contributed by atoms with Crippen molar-refractivity contribution < 1.29 is 17.6 Å². The van der Waals surface area contributed by atoms with Crippen LogP contribution < -0.4 is 5.32 Å². The molecule has 0 aliphatic carbocycles. The summed E-state index contributed by atoms with van der Waals surface area (Å²) < 4.78 is 51.1. The Morgan fingerprint density at radius 3 is 2.33 bits per heavy atom. The van der Waals surface area contributed by atoms with E-state index in [0.29, 0.717) is 5.56 Å². The summed E-state index contributed by atoms with van der Waals surface area (Å²) in [5, 5.41) is 3.09. The smallest absolute Gasteiger partial charge is 0.380 e. The average molecular weight is 338 g/mol. The van der Waals surface area contributed by atoms with Gasteiger partial charge >= 0.3 is 6.18 Å². The predicted octanol–water partition coefficient (Wildman–Crippen LogP) is 5.76. The molecule has 0 aromatic heterocycles. The van der Waals surface area contributed by atoms with Crippen molar-refractivity contribution in [2.24, 2.45) is 0 Å². The maximum absolute atomic E-state index is 13.2. The second kappa shape index (κ2) is 6.12. The van der Waals surface area contributed by atoms with Gasteiger partial charge in [-0.1, -0.05) is 23.2 Å². The summed E-state index contributed by atoms with van der Waals surface area (Å²) >= 11 is 11.6. The fourth-order valence-corrected chi connectivity index (χ4v) is 2.18. The average Bonchev–Trinajstić information content (AvgIpc) is 2.35. The largest absolute Gasteiger partial charge is 0.416 e. The number of nitrogens with one attached hydrogen (secondary N) is 1. The van der Waals surface area contributed by atoms with Crippen LogP contribution in [0.25, 0.3) is 0 Å². The van der Waals surface area contributed by atoms with E-state index in [2.05, 4.69) is 5.32 Å². The SMILES string of the molecule is Fc1cc(Cl)cc(CNc2cc(C(F)(F)F)ccc2Cl)c1. The number of halogens is 6. The van der Waals surface area contributed by atoms with Crippen molar-refractivity contribution in [1.82, 2.24) is 0 Å². The third-order valence-corrected chi connectivity index (χ3v) is 3.25. The Morgan fingerprint density at radius 2 is 1.71 bits per heavy atom. The molecule has 2 rings (SSSR count). The standard InChI is InChI=1S/C14H9Cl2F4N/c15-10-3-8(4-11(17)6-10)7-21-13-5-9(14(18,19)20)1-2-12(13)16/h1-6,21H,7H2. The van der Waals surface area contributed by atoms with Crippen LogP contribution in [0.1, 0.15) is 11.1 Å². The third-order valence-electron chi connectivity index (χ3n) is 2.70. The predicted molar refractivity (Wildman–Crippen MR) is 75.2 cm³/mol. The van der Waals surface area contributed by atoms with Crippen LogP contribution in [0.3, 0.4) is 0 Å². The van der Waals surface area contributed by atoms with E-state index in [9.17, 15) is 17.6 Å². The Balaban J connectivity index is 2.19. The van der Waals surface area contributed by atoms with Gasteiger partial charge in [0.05, 0.1) is 16.3 Å². The minimum atomic E-state index is -4.46. The van der Waals surface area contributed by atoms with E-state index in [0.717, 1.165) is 24.3 Å². The fraction of sp³-hybridized carbons (Fsp3) is 0.143. The first kappa shape index (κ1) is 15.9. The minimum Gasteiger partial charge on any atom is -0.380 e. The summed E-state index contributed by atoms with van der Waals surface area (Å²) in [6.45, 7) is 0.0957. The number of benzene rings is 2. The zero-order valence-corrected chi connectivity index (χ0v) is 12.0. The van der Waals surface area contributed by atoms with E-state index < -0.39 is 17.6 Å². The van der Waals surface area contributed by atoms with Gasteiger partial charge in [-0.25, -0.2) is 4.39 Å². The van der Waals surface area contributed by atoms with Crippen molar-refractivity contribution >= 4 is 28.9 Å². The van der Waals surface area contributed by atoms with Gasteiger partial charge in [0.15, 0.2) is 0 Å². The van der Waals surface area contributed by atoms with E-state index in [1.54, 1.807) is 0 Å². The molecular formula is C14H9Cl2F4N. The van der Waals surface area contributed by atoms with E-state index in [1.165, 1.54) is 12.1 Å². The molecule has 1 N–H and O–H groups in total. The first-order valence-corrected chi connectivity index (χ1v) is 6.57. The number of rotatable bonds is 3. The second-order valence-corrected chi connectivity index (χ2v) is 5.17. The third kappa shape index (κ3) is 4.25. The van der Waals surface area contributed by atoms with Crippen molar-refractivity contribution in [1.29, 1.82) is 0 Å². The molecule has 2 aromatic rings. The van der Waals surface area contributed by atoms with E-state index in [-0.39, 0.29) is 22.3 Å². The van der Waals surface area contributed by atoms with Gasteiger partial charge in [-0.2, -0.15) is 13.2 Å². The van der Waals surface area contributed by atoms with Crippen LogP contribution in [0.4, 0.5) is 23.2 Å².